The van der Waals surface area contributed by atoms with Crippen molar-refractivity contribution < 1.29 is 4.79 Å². The minimum atomic E-state index is 0.0248. The van der Waals surface area contributed by atoms with E-state index >= 15 is 0 Å². The second kappa shape index (κ2) is 9.24. The average molecular weight is 390 g/mol. The first-order valence-electron chi connectivity index (χ1n) is 10.4. The van der Waals surface area contributed by atoms with E-state index in [1.807, 2.05) is 24.3 Å². The molecule has 1 atom stereocenters. The standard InChI is InChI=1S/C25H31N3O/c1-25(2,3)23-11-9-19(10-12-23)16-27-24(29)22-8-5-13-28(18-22)17-21-7-4-6-20(14-21)15-26/h4,6-7,9-12,14,22H,5,8,13,16-18H2,1-3H3,(H,27,29). The molecule has 1 amide bonds. The van der Waals surface area contributed by atoms with Gasteiger partial charge in [0.15, 0.2) is 0 Å². The second-order valence-corrected chi connectivity index (χ2v) is 9.05. The van der Waals surface area contributed by atoms with Gasteiger partial charge < -0.3 is 5.32 Å². The van der Waals surface area contributed by atoms with Crippen LogP contribution in [0, 0.1) is 17.2 Å². The number of piperidine rings is 1. The molecule has 1 fully saturated rings. The molecule has 0 aliphatic carbocycles. The van der Waals surface area contributed by atoms with Crippen molar-refractivity contribution in [1.29, 1.82) is 5.26 Å². The van der Waals surface area contributed by atoms with E-state index in [0.717, 1.165) is 43.6 Å². The van der Waals surface area contributed by atoms with Gasteiger partial charge in [-0.1, -0.05) is 57.2 Å². The zero-order valence-corrected chi connectivity index (χ0v) is 17.7. The van der Waals surface area contributed by atoms with Gasteiger partial charge in [-0.25, -0.2) is 0 Å². The summed E-state index contributed by atoms with van der Waals surface area (Å²) < 4.78 is 0. The Bertz CT molecular complexity index is 874. The summed E-state index contributed by atoms with van der Waals surface area (Å²) in [5.74, 6) is 0.164. The predicted octanol–water partition coefficient (Wildman–Crippen LogP) is 4.38. The quantitative estimate of drug-likeness (QED) is 0.825. The highest BCUT2D eigenvalue weighted by molar-refractivity contribution is 5.79. The minimum Gasteiger partial charge on any atom is -0.352 e. The maximum absolute atomic E-state index is 12.7. The third-order valence-electron chi connectivity index (χ3n) is 5.63. The zero-order valence-electron chi connectivity index (χ0n) is 17.7. The molecular weight excluding hydrogens is 358 g/mol. The molecule has 0 bridgehead atoms. The van der Waals surface area contributed by atoms with Crippen LogP contribution in [0.3, 0.4) is 0 Å². The SMILES string of the molecule is CC(C)(C)c1ccc(CNC(=O)C2CCCN(Cc3cccc(C#N)c3)C2)cc1. The first-order chi connectivity index (χ1) is 13.8. The zero-order chi connectivity index (χ0) is 20.9. The predicted molar refractivity (Wildman–Crippen MR) is 116 cm³/mol. The Morgan fingerprint density at radius 1 is 1.17 bits per heavy atom. The van der Waals surface area contributed by atoms with Gasteiger partial charge in [-0.05, 0) is 53.6 Å². The topological polar surface area (TPSA) is 56.1 Å². The molecule has 1 heterocycles. The molecule has 29 heavy (non-hydrogen) atoms. The average Bonchev–Trinajstić information content (AvgIpc) is 2.72. The van der Waals surface area contributed by atoms with Crippen molar-refractivity contribution in [3.05, 3.63) is 70.8 Å². The highest BCUT2D eigenvalue weighted by atomic mass is 16.1. The fraction of sp³-hybridized carbons (Fsp3) is 0.440. The number of hydrogen-bond donors (Lipinski definition) is 1. The maximum atomic E-state index is 12.7. The molecule has 152 valence electrons. The van der Waals surface area contributed by atoms with E-state index in [9.17, 15) is 4.79 Å². The van der Waals surface area contributed by atoms with Crippen molar-refractivity contribution in [1.82, 2.24) is 10.2 Å². The molecule has 0 aromatic heterocycles. The Balaban J connectivity index is 1.52. The number of benzene rings is 2. The Hall–Kier alpha value is -2.64. The number of rotatable bonds is 5. The Morgan fingerprint density at radius 3 is 2.62 bits per heavy atom. The van der Waals surface area contributed by atoms with Gasteiger partial charge in [-0.3, -0.25) is 9.69 Å². The van der Waals surface area contributed by atoms with Crippen LogP contribution < -0.4 is 5.32 Å². The molecule has 1 aliphatic heterocycles. The van der Waals surface area contributed by atoms with Crippen molar-refractivity contribution in [3.63, 3.8) is 0 Å². The lowest BCUT2D eigenvalue weighted by molar-refractivity contribution is -0.126. The van der Waals surface area contributed by atoms with Crippen molar-refractivity contribution in [2.24, 2.45) is 5.92 Å². The van der Waals surface area contributed by atoms with E-state index in [1.165, 1.54) is 5.56 Å². The van der Waals surface area contributed by atoms with E-state index < -0.39 is 0 Å². The molecule has 0 radical (unpaired) electrons. The van der Waals surface area contributed by atoms with Crippen LogP contribution in [0.15, 0.2) is 48.5 Å². The van der Waals surface area contributed by atoms with Crippen molar-refractivity contribution in [2.45, 2.75) is 52.1 Å². The van der Waals surface area contributed by atoms with E-state index in [-0.39, 0.29) is 17.2 Å². The van der Waals surface area contributed by atoms with Gasteiger partial charge in [0, 0.05) is 19.6 Å². The number of carbonyl (C=O) groups is 1. The van der Waals surface area contributed by atoms with Gasteiger partial charge in [0.2, 0.25) is 5.91 Å². The van der Waals surface area contributed by atoms with Crippen molar-refractivity contribution in [2.75, 3.05) is 13.1 Å². The summed E-state index contributed by atoms with van der Waals surface area (Å²) in [4.78, 5) is 15.0. The van der Waals surface area contributed by atoms with E-state index in [0.29, 0.717) is 12.1 Å². The highest BCUT2D eigenvalue weighted by Crippen LogP contribution is 2.22. The molecule has 4 heteroatoms. The minimum absolute atomic E-state index is 0.0248. The third kappa shape index (κ3) is 5.92. The molecule has 1 N–H and O–H groups in total. The molecule has 1 aliphatic rings. The van der Waals surface area contributed by atoms with E-state index in [4.69, 9.17) is 5.26 Å². The van der Waals surface area contributed by atoms with Crippen molar-refractivity contribution >= 4 is 5.91 Å². The van der Waals surface area contributed by atoms with Crippen LogP contribution in [0.25, 0.3) is 0 Å². The van der Waals surface area contributed by atoms with Crippen LogP contribution in [0.4, 0.5) is 0 Å². The van der Waals surface area contributed by atoms with Crippen LogP contribution in [0.1, 0.15) is 55.9 Å². The van der Waals surface area contributed by atoms with Crippen LogP contribution >= 0.6 is 0 Å². The molecule has 0 spiro atoms. The lowest BCUT2D eigenvalue weighted by Gasteiger charge is -2.32. The van der Waals surface area contributed by atoms with Gasteiger partial charge >= 0.3 is 0 Å². The van der Waals surface area contributed by atoms with Crippen LogP contribution in [0.5, 0.6) is 0 Å². The van der Waals surface area contributed by atoms with Crippen LogP contribution in [0.2, 0.25) is 0 Å². The summed E-state index contributed by atoms with van der Waals surface area (Å²) in [5.41, 5.74) is 4.39. The lowest BCUT2D eigenvalue weighted by Crippen LogP contribution is -2.42. The molecule has 1 unspecified atom stereocenters. The molecule has 0 saturated carbocycles. The fourth-order valence-electron chi connectivity index (χ4n) is 3.87. The van der Waals surface area contributed by atoms with Gasteiger partial charge in [0.25, 0.3) is 0 Å². The van der Waals surface area contributed by atoms with E-state index in [1.54, 1.807) is 0 Å². The summed E-state index contributed by atoms with van der Waals surface area (Å²) in [5, 5.41) is 12.2. The van der Waals surface area contributed by atoms with Gasteiger partial charge in [-0.15, -0.1) is 0 Å². The first-order valence-corrected chi connectivity index (χ1v) is 10.4. The number of amides is 1. The summed E-state index contributed by atoms with van der Waals surface area (Å²) in [6.07, 6.45) is 1.96. The molecule has 1 saturated heterocycles. The van der Waals surface area contributed by atoms with E-state index in [2.05, 4.69) is 61.3 Å². The highest BCUT2D eigenvalue weighted by Gasteiger charge is 2.25. The fourth-order valence-corrected chi connectivity index (χ4v) is 3.87. The first kappa shape index (κ1) is 21.1. The number of likely N-dealkylation sites (tertiary alicyclic amines) is 1. The molecule has 3 rings (SSSR count). The number of hydrogen-bond acceptors (Lipinski definition) is 3. The number of carbonyl (C=O) groups excluding carboxylic acids is 1. The van der Waals surface area contributed by atoms with Crippen LogP contribution in [-0.2, 0) is 23.3 Å². The summed E-state index contributed by atoms with van der Waals surface area (Å²) in [6, 6.07) is 18.4. The Kier molecular flexibility index (Phi) is 6.71. The Morgan fingerprint density at radius 2 is 1.93 bits per heavy atom. The Labute approximate surface area is 174 Å². The lowest BCUT2D eigenvalue weighted by atomic mass is 9.87. The van der Waals surface area contributed by atoms with Crippen LogP contribution in [-0.4, -0.2) is 23.9 Å². The smallest absolute Gasteiger partial charge is 0.224 e. The molecule has 2 aromatic carbocycles. The largest absolute Gasteiger partial charge is 0.352 e. The number of nitriles is 1. The van der Waals surface area contributed by atoms with Gasteiger partial charge in [-0.2, -0.15) is 5.26 Å². The second-order valence-electron chi connectivity index (χ2n) is 9.05. The summed E-state index contributed by atoms with van der Waals surface area (Å²) >= 11 is 0. The normalized spacial score (nSPS) is 17.5. The molecule has 2 aromatic rings. The third-order valence-corrected chi connectivity index (χ3v) is 5.63. The number of nitrogens with zero attached hydrogens (tertiary/aromatic N) is 2. The van der Waals surface area contributed by atoms with Gasteiger partial charge in [0.05, 0.1) is 17.6 Å². The maximum Gasteiger partial charge on any atom is 0.224 e. The summed E-state index contributed by atoms with van der Waals surface area (Å²) in [6.45, 7) is 9.73. The number of nitrogens with one attached hydrogen (secondary N) is 1. The van der Waals surface area contributed by atoms with Gasteiger partial charge in [0.1, 0.15) is 0 Å². The molecular formula is C25H31N3O. The van der Waals surface area contributed by atoms with Crippen molar-refractivity contribution in [3.8, 4) is 6.07 Å². The molecule has 4 nitrogen and oxygen atoms in total. The monoisotopic (exact) mass is 389 g/mol. The summed E-state index contributed by atoms with van der Waals surface area (Å²) in [7, 11) is 0.